The number of rotatable bonds is 7. The third kappa shape index (κ3) is 6.65. The van der Waals surface area contributed by atoms with Crippen molar-refractivity contribution in [3.05, 3.63) is 93.5 Å². The molecule has 0 aliphatic carbocycles. The first-order valence-corrected chi connectivity index (χ1v) is 12.4. The molecular weight excluding hydrogens is 512 g/mol. The third-order valence-electron chi connectivity index (χ3n) is 4.83. The summed E-state index contributed by atoms with van der Waals surface area (Å²) >= 11 is 12.2. The number of benzene rings is 3. The zero-order valence-corrected chi connectivity index (χ0v) is 20.1. The minimum Gasteiger partial charge on any atom is -0.326 e. The van der Waals surface area contributed by atoms with Gasteiger partial charge < -0.3 is 5.32 Å². The van der Waals surface area contributed by atoms with Crippen molar-refractivity contribution in [2.24, 2.45) is 0 Å². The first kappa shape index (κ1) is 25.9. The van der Waals surface area contributed by atoms with Gasteiger partial charge in [-0.25, -0.2) is 8.42 Å². The molecule has 0 saturated carbocycles. The number of nitrogens with one attached hydrogen (secondary N) is 1. The van der Waals surface area contributed by atoms with Crippen LogP contribution in [0.5, 0.6) is 0 Å². The van der Waals surface area contributed by atoms with E-state index in [9.17, 15) is 26.4 Å². The van der Waals surface area contributed by atoms with Crippen molar-refractivity contribution in [3.63, 3.8) is 0 Å². The van der Waals surface area contributed by atoms with Gasteiger partial charge in [-0.1, -0.05) is 47.5 Å². The summed E-state index contributed by atoms with van der Waals surface area (Å²) in [6.07, 6.45) is -3.51. The zero-order valence-electron chi connectivity index (χ0n) is 17.7. The van der Waals surface area contributed by atoms with Crippen molar-refractivity contribution in [1.82, 2.24) is 0 Å². The SMILES string of the molecule is CS(=O)(=O)N(Cc1cccc(Cl)c1Cl)c1ccc(NC(=O)Cc2ccc(C(F)(F)F)cc2)cc1. The van der Waals surface area contributed by atoms with Crippen LogP contribution in [0.2, 0.25) is 10.0 Å². The first-order valence-electron chi connectivity index (χ1n) is 9.81. The fourth-order valence-electron chi connectivity index (χ4n) is 3.14. The van der Waals surface area contributed by atoms with Gasteiger partial charge in [-0.05, 0) is 53.6 Å². The molecule has 11 heteroatoms. The molecular formula is C23H19Cl2F3N2O3S. The van der Waals surface area contributed by atoms with Crippen LogP contribution in [0.3, 0.4) is 0 Å². The van der Waals surface area contributed by atoms with E-state index in [1.807, 2.05) is 0 Å². The Morgan fingerprint density at radius 2 is 1.59 bits per heavy atom. The Morgan fingerprint density at radius 1 is 0.971 bits per heavy atom. The lowest BCUT2D eigenvalue weighted by molar-refractivity contribution is -0.137. The second kappa shape index (κ2) is 10.2. The van der Waals surface area contributed by atoms with Crippen LogP contribution in [0.1, 0.15) is 16.7 Å². The lowest BCUT2D eigenvalue weighted by Crippen LogP contribution is -2.29. The van der Waals surface area contributed by atoms with Crippen LogP contribution in [-0.4, -0.2) is 20.6 Å². The predicted octanol–water partition coefficient (Wildman–Crippen LogP) is 6.16. The number of halogens is 5. The quantitative estimate of drug-likeness (QED) is 0.397. The largest absolute Gasteiger partial charge is 0.416 e. The van der Waals surface area contributed by atoms with Crippen LogP contribution in [-0.2, 0) is 34.0 Å². The van der Waals surface area contributed by atoms with Gasteiger partial charge in [0.25, 0.3) is 0 Å². The van der Waals surface area contributed by atoms with Crippen LogP contribution in [0.15, 0.2) is 66.7 Å². The van der Waals surface area contributed by atoms with Crippen LogP contribution < -0.4 is 9.62 Å². The highest BCUT2D eigenvalue weighted by atomic mass is 35.5. The van der Waals surface area contributed by atoms with E-state index in [0.29, 0.717) is 27.5 Å². The molecule has 1 N–H and O–H groups in total. The van der Waals surface area contributed by atoms with Crippen molar-refractivity contribution in [1.29, 1.82) is 0 Å². The molecule has 3 aromatic rings. The van der Waals surface area contributed by atoms with E-state index < -0.39 is 27.7 Å². The average molecular weight is 531 g/mol. The second-order valence-corrected chi connectivity index (χ2v) is 10.1. The summed E-state index contributed by atoms with van der Waals surface area (Å²) in [7, 11) is -3.67. The summed E-state index contributed by atoms with van der Waals surface area (Å²) in [5.74, 6) is -0.432. The molecule has 0 aromatic heterocycles. The maximum absolute atomic E-state index is 12.7. The lowest BCUT2D eigenvalue weighted by atomic mass is 10.1. The van der Waals surface area contributed by atoms with Crippen molar-refractivity contribution >= 4 is 50.5 Å². The van der Waals surface area contributed by atoms with Gasteiger partial charge in [0, 0.05) is 5.69 Å². The highest BCUT2D eigenvalue weighted by Gasteiger charge is 2.30. The Hall–Kier alpha value is -2.75. The van der Waals surface area contributed by atoms with Gasteiger partial charge >= 0.3 is 6.18 Å². The van der Waals surface area contributed by atoms with Crippen LogP contribution in [0.4, 0.5) is 24.5 Å². The fourth-order valence-corrected chi connectivity index (χ4v) is 4.40. The summed E-state index contributed by atoms with van der Waals surface area (Å²) in [5.41, 5.74) is 0.896. The van der Waals surface area contributed by atoms with E-state index >= 15 is 0 Å². The third-order valence-corrected chi connectivity index (χ3v) is 6.83. The molecule has 0 spiro atoms. The molecule has 3 rings (SSSR count). The van der Waals surface area contributed by atoms with E-state index in [-0.39, 0.29) is 18.0 Å². The molecule has 0 unspecified atom stereocenters. The number of alkyl halides is 3. The topological polar surface area (TPSA) is 66.5 Å². The molecule has 34 heavy (non-hydrogen) atoms. The number of amides is 1. The normalized spacial score (nSPS) is 11.8. The Kier molecular flexibility index (Phi) is 7.80. The number of carbonyl (C=O) groups excluding carboxylic acids is 1. The number of hydrogen-bond acceptors (Lipinski definition) is 3. The highest BCUT2D eigenvalue weighted by Crippen LogP contribution is 2.30. The standard InChI is InChI=1S/C23H19Cl2F3N2O3S/c1-34(32,33)30(14-16-3-2-4-20(24)22(16)25)19-11-9-18(10-12-19)29-21(31)13-15-5-7-17(8-6-15)23(26,27)28/h2-12H,13-14H2,1H3,(H,29,31). The molecule has 0 fully saturated rings. The average Bonchev–Trinajstić information content (AvgIpc) is 2.74. The Labute approximate surface area is 205 Å². The van der Waals surface area contributed by atoms with Gasteiger partial charge in [0.2, 0.25) is 15.9 Å². The van der Waals surface area contributed by atoms with Crippen molar-refractivity contribution in [3.8, 4) is 0 Å². The van der Waals surface area contributed by atoms with Gasteiger partial charge in [0.1, 0.15) is 0 Å². The highest BCUT2D eigenvalue weighted by molar-refractivity contribution is 7.92. The van der Waals surface area contributed by atoms with Crippen molar-refractivity contribution < 1.29 is 26.4 Å². The maximum atomic E-state index is 12.7. The van der Waals surface area contributed by atoms with Crippen molar-refractivity contribution in [2.45, 2.75) is 19.1 Å². The molecule has 0 atom stereocenters. The number of carbonyl (C=O) groups is 1. The van der Waals surface area contributed by atoms with Gasteiger partial charge in [-0.2, -0.15) is 13.2 Å². The van der Waals surface area contributed by atoms with Crippen molar-refractivity contribution in [2.75, 3.05) is 15.9 Å². The van der Waals surface area contributed by atoms with Crippen LogP contribution >= 0.6 is 23.2 Å². The molecule has 0 aliphatic heterocycles. The number of nitrogens with zero attached hydrogens (tertiary/aromatic N) is 1. The minimum absolute atomic E-state index is 0.0438. The molecule has 0 heterocycles. The summed E-state index contributed by atoms with van der Waals surface area (Å²) in [4.78, 5) is 12.3. The molecule has 0 radical (unpaired) electrons. The molecule has 0 saturated heterocycles. The molecule has 180 valence electrons. The lowest BCUT2D eigenvalue weighted by Gasteiger charge is -2.23. The molecule has 3 aromatic carbocycles. The van der Waals surface area contributed by atoms with E-state index in [4.69, 9.17) is 23.2 Å². The van der Waals surface area contributed by atoms with E-state index in [0.717, 1.165) is 22.7 Å². The van der Waals surface area contributed by atoms with Gasteiger partial charge in [-0.3, -0.25) is 9.10 Å². The number of hydrogen-bond donors (Lipinski definition) is 1. The summed E-state index contributed by atoms with van der Waals surface area (Å²) < 4.78 is 63.9. The minimum atomic E-state index is -4.44. The van der Waals surface area contributed by atoms with E-state index in [1.54, 1.807) is 18.2 Å². The van der Waals surface area contributed by atoms with E-state index in [1.165, 1.54) is 36.4 Å². The molecule has 1 amide bonds. The summed E-state index contributed by atoms with van der Waals surface area (Å²) in [6, 6.07) is 15.4. The predicted molar refractivity (Wildman–Crippen MR) is 128 cm³/mol. The Balaban J connectivity index is 1.71. The fraction of sp³-hybridized carbons (Fsp3) is 0.174. The van der Waals surface area contributed by atoms with Gasteiger partial charge in [0.15, 0.2) is 0 Å². The summed E-state index contributed by atoms with van der Waals surface area (Å²) in [5, 5.41) is 3.20. The van der Waals surface area contributed by atoms with E-state index in [2.05, 4.69) is 5.32 Å². The maximum Gasteiger partial charge on any atom is 0.416 e. The number of sulfonamides is 1. The van der Waals surface area contributed by atoms with Crippen LogP contribution in [0, 0.1) is 0 Å². The Bertz CT molecular complexity index is 1280. The molecule has 5 nitrogen and oxygen atoms in total. The second-order valence-electron chi connectivity index (χ2n) is 7.45. The zero-order chi connectivity index (χ0) is 25.1. The number of anilines is 2. The summed E-state index contributed by atoms with van der Waals surface area (Å²) in [6.45, 7) is -0.0438. The molecule has 0 bridgehead atoms. The van der Waals surface area contributed by atoms with Gasteiger partial charge in [0.05, 0.1) is 40.5 Å². The van der Waals surface area contributed by atoms with Crippen LogP contribution in [0.25, 0.3) is 0 Å². The molecule has 0 aliphatic rings. The van der Waals surface area contributed by atoms with Gasteiger partial charge in [-0.15, -0.1) is 0 Å². The smallest absolute Gasteiger partial charge is 0.326 e. The monoisotopic (exact) mass is 530 g/mol. The first-order chi connectivity index (χ1) is 15.8. The Morgan fingerprint density at radius 3 is 2.15 bits per heavy atom.